The average molecular weight is 244 g/mol. The number of piperidine rings is 1. The van der Waals surface area contributed by atoms with Crippen LogP contribution >= 0.6 is 0 Å². The molecule has 100 valence electrons. The average Bonchev–Trinajstić information content (AvgIpc) is 2.33. The fourth-order valence-corrected chi connectivity index (χ4v) is 2.21. The number of aliphatic hydroxyl groups excluding tert-OH is 1. The number of carbonyl (C=O) groups is 1. The van der Waals surface area contributed by atoms with Gasteiger partial charge in [0.1, 0.15) is 0 Å². The Labute approximate surface area is 103 Å². The lowest BCUT2D eigenvalue weighted by molar-refractivity contribution is -0.135. The molecule has 5 nitrogen and oxygen atoms in total. The maximum absolute atomic E-state index is 12.2. The Morgan fingerprint density at radius 1 is 1.47 bits per heavy atom. The van der Waals surface area contributed by atoms with E-state index in [1.54, 1.807) is 12.0 Å². The molecule has 1 aliphatic rings. The van der Waals surface area contributed by atoms with E-state index in [2.05, 4.69) is 12.2 Å². The van der Waals surface area contributed by atoms with E-state index in [4.69, 9.17) is 9.84 Å². The van der Waals surface area contributed by atoms with Gasteiger partial charge in [-0.3, -0.25) is 4.79 Å². The molecule has 1 rings (SSSR count). The highest BCUT2D eigenvalue weighted by atomic mass is 16.5. The lowest BCUT2D eigenvalue weighted by Gasteiger charge is -2.32. The zero-order valence-corrected chi connectivity index (χ0v) is 10.8. The molecular formula is C12H24N2O3. The van der Waals surface area contributed by atoms with E-state index in [1.807, 2.05) is 0 Å². The van der Waals surface area contributed by atoms with Crippen LogP contribution in [-0.2, 0) is 9.53 Å². The van der Waals surface area contributed by atoms with Crippen LogP contribution in [0.2, 0.25) is 0 Å². The Kier molecular flexibility index (Phi) is 6.47. The first-order valence-corrected chi connectivity index (χ1v) is 6.33. The molecule has 17 heavy (non-hydrogen) atoms. The highest BCUT2D eigenvalue weighted by molar-refractivity contribution is 5.82. The first kappa shape index (κ1) is 14.4. The van der Waals surface area contributed by atoms with Crippen molar-refractivity contribution in [1.82, 2.24) is 10.2 Å². The number of hydrogen-bond donors (Lipinski definition) is 2. The summed E-state index contributed by atoms with van der Waals surface area (Å²) in [7, 11) is 1.61. The minimum atomic E-state index is -0.0952. The van der Waals surface area contributed by atoms with E-state index in [9.17, 15) is 4.79 Å². The van der Waals surface area contributed by atoms with Gasteiger partial charge in [0, 0.05) is 26.2 Å². The van der Waals surface area contributed by atoms with Crippen molar-refractivity contribution in [3.8, 4) is 0 Å². The molecule has 0 radical (unpaired) electrons. The zero-order chi connectivity index (χ0) is 12.7. The van der Waals surface area contributed by atoms with Crippen molar-refractivity contribution in [1.29, 1.82) is 0 Å². The monoisotopic (exact) mass is 244 g/mol. The Bertz CT molecular complexity index is 236. The Balaban J connectivity index is 2.50. The zero-order valence-electron chi connectivity index (χ0n) is 10.8. The normalized spacial score (nSPS) is 24.6. The van der Waals surface area contributed by atoms with E-state index in [0.29, 0.717) is 25.7 Å². The van der Waals surface area contributed by atoms with Gasteiger partial charge in [-0.25, -0.2) is 0 Å². The van der Waals surface area contributed by atoms with Crippen molar-refractivity contribution in [2.45, 2.75) is 38.3 Å². The van der Waals surface area contributed by atoms with Gasteiger partial charge in [-0.2, -0.15) is 0 Å². The standard InChI is InChI=1S/C12H24N2O3/c1-10-4-3-5-11(13-10)12(16)14(6-8-15)7-9-17-2/h10-11,13,15H,3-9H2,1-2H3. The van der Waals surface area contributed by atoms with Gasteiger partial charge < -0.3 is 20.1 Å². The maximum atomic E-state index is 12.2. The molecule has 0 aromatic rings. The number of nitrogens with zero attached hydrogens (tertiary/aromatic N) is 1. The van der Waals surface area contributed by atoms with Crippen molar-refractivity contribution in [3.63, 3.8) is 0 Å². The van der Waals surface area contributed by atoms with E-state index in [1.165, 1.54) is 0 Å². The summed E-state index contributed by atoms with van der Waals surface area (Å²) < 4.78 is 4.98. The first-order chi connectivity index (χ1) is 8.19. The first-order valence-electron chi connectivity index (χ1n) is 6.33. The highest BCUT2D eigenvalue weighted by Gasteiger charge is 2.27. The van der Waals surface area contributed by atoms with E-state index >= 15 is 0 Å². The fraction of sp³-hybridized carbons (Fsp3) is 0.917. The summed E-state index contributed by atoms with van der Waals surface area (Å²) in [5.41, 5.74) is 0. The number of amides is 1. The lowest BCUT2D eigenvalue weighted by atomic mass is 9.98. The molecule has 2 atom stereocenters. The number of methoxy groups -OCH3 is 1. The molecule has 1 heterocycles. The van der Waals surface area contributed by atoms with Gasteiger partial charge in [-0.1, -0.05) is 0 Å². The summed E-state index contributed by atoms with van der Waals surface area (Å²) in [5.74, 6) is 0.0858. The van der Waals surface area contributed by atoms with Gasteiger partial charge in [0.15, 0.2) is 0 Å². The number of carbonyl (C=O) groups excluding carboxylic acids is 1. The van der Waals surface area contributed by atoms with E-state index in [-0.39, 0.29) is 18.6 Å². The van der Waals surface area contributed by atoms with Crippen molar-refractivity contribution in [3.05, 3.63) is 0 Å². The predicted molar refractivity (Wildman–Crippen MR) is 65.8 cm³/mol. The van der Waals surface area contributed by atoms with Gasteiger partial charge in [0.2, 0.25) is 5.91 Å². The third-order valence-electron chi connectivity index (χ3n) is 3.16. The molecule has 0 bridgehead atoms. The molecule has 0 aliphatic carbocycles. The summed E-state index contributed by atoms with van der Waals surface area (Å²) in [5, 5.41) is 12.3. The van der Waals surface area contributed by atoms with Crippen molar-refractivity contribution < 1.29 is 14.6 Å². The summed E-state index contributed by atoms with van der Waals surface area (Å²) in [6, 6.07) is 0.304. The molecule has 1 fully saturated rings. The largest absolute Gasteiger partial charge is 0.395 e. The van der Waals surface area contributed by atoms with Gasteiger partial charge in [-0.05, 0) is 26.2 Å². The van der Waals surface area contributed by atoms with Crippen LogP contribution in [0.4, 0.5) is 0 Å². The minimum Gasteiger partial charge on any atom is -0.395 e. The summed E-state index contributed by atoms with van der Waals surface area (Å²) in [6.07, 6.45) is 3.10. The lowest BCUT2D eigenvalue weighted by Crippen LogP contribution is -2.52. The van der Waals surface area contributed by atoms with Crippen LogP contribution in [-0.4, -0.2) is 61.4 Å². The molecule has 1 amide bonds. The van der Waals surface area contributed by atoms with Gasteiger partial charge in [-0.15, -0.1) is 0 Å². The van der Waals surface area contributed by atoms with Gasteiger partial charge in [0.25, 0.3) is 0 Å². The van der Waals surface area contributed by atoms with Crippen LogP contribution in [0.3, 0.4) is 0 Å². The Morgan fingerprint density at radius 2 is 2.24 bits per heavy atom. The van der Waals surface area contributed by atoms with Crippen LogP contribution in [0.1, 0.15) is 26.2 Å². The SMILES string of the molecule is COCCN(CCO)C(=O)C1CCCC(C)N1. The van der Waals surface area contributed by atoms with Crippen LogP contribution in [0, 0.1) is 0 Å². The minimum absolute atomic E-state index is 0.00225. The third kappa shape index (κ3) is 4.61. The summed E-state index contributed by atoms with van der Waals surface area (Å²) in [4.78, 5) is 13.9. The van der Waals surface area contributed by atoms with Crippen LogP contribution in [0.25, 0.3) is 0 Å². The molecule has 1 aliphatic heterocycles. The molecule has 0 aromatic heterocycles. The number of rotatable bonds is 6. The number of hydrogen-bond acceptors (Lipinski definition) is 4. The molecule has 2 unspecified atom stereocenters. The van der Waals surface area contributed by atoms with Crippen molar-refractivity contribution in [2.24, 2.45) is 0 Å². The number of ether oxygens (including phenoxy) is 1. The molecular weight excluding hydrogens is 220 g/mol. The second kappa shape index (κ2) is 7.63. The van der Waals surface area contributed by atoms with Crippen molar-refractivity contribution in [2.75, 3.05) is 33.4 Å². The molecule has 0 aromatic carbocycles. The molecule has 1 saturated heterocycles. The second-order valence-corrected chi connectivity index (χ2v) is 4.59. The predicted octanol–water partition coefficient (Wildman–Crippen LogP) is -0.0157. The molecule has 2 N–H and O–H groups in total. The van der Waals surface area contributed by atoms with Crippen LogP contribution in [0.5, 0.6) is 0 Å². The summed E-state index contributed by atoms with van der Waals surface area (Å²) >= 11 is 0. The fourth-order valence-electron chi connectivity index (χ4n) is 2.21. The Morgan fingerprint density at radius 3 is 2.82 bits per heavy atom. The smallest absolute Gasteiger partial charge is 0.239 e. The number of aliphatic hydroxyl groups is 1. The topological polar surface area (TPSA) is 61.8 Å². The number of nitrogens with one attached hydrogen (secondary N) is 1. The van der Waals surface area contributed by atoms with Crippen molar-refractivity contribution >= 4 is 5.91 Å². The molecule has 5 heteroatoms. The van der Waals surface area contributed by atoms with Gasteiger partial charge in [0.05, 0.1) is 19.3 Å². The van der Waals surface area contributed by atoms with E-state index in [0.717, 1.165) is 19.3 Å². The van der Waals surface area contributed by atoms with E-state index < -0.39 is 0 Å². The van der Waals surface area contributed by atoms with Gasteiger partial charge >= 0.3 is 0 Å². The molecule has 0 spiro atoms. The highest BCUT2D eigenvalue weighted by Crippen LogP contribution is 2.14. The quantitative estimate of drug-likeness (QED) is 0.689. The third-order valence-corrected chi connectivity index (χ3v) is 3.16. The second-order valence-electron chi connectivity index (χ2n) is 4.59. The summed E-state index contributed by atoms with van der Waals surface area (Å²) in [6.45, 7) is 3.54. The van der Waals surface area contributed by atoms with Crippen LogP contribution in [0.15, 0.2) is 0 Å². The maximum Gasteiger partial charge on any atom is 0.239 e. The Hall–Kier alpha value is -0.650. The van der Waals surface area contributed by atoms with Crippen LogP contribution < -0.4 is 5.32 Å². The molecule has 0 saturated carbocycles.